The number of hydrogen-bond donors (Lipinski definition) is 0. The second-order valence-electron chi connectivity index (χ2n) is 5.88. The predicted molar refractivity (Wildman–Crippen MR) is 104 cm³/mol. The van der Waals surface area contributed by atoms with Crippen molar-refractivity contribution in [3.8, 4) is 0 Å². The third kappa shape index (κ3) is 3.37. The molecule has 0 saturated heterocycles. The molecule has 0 bridgehead atoms. The molecule has 0 atom stereocenters. The Hall–Kier alpha value is -1.72. The second kappa shape index (κ2) is 7.03. The first kappa shape index (κ1) is 17.1. The minimum Gasteiger partial charge on any atom is -0.316 e. The van der Waals surface area contributed by atoms with Gasteiger partial charge in [-0.05, 0) is 50.1 Å². The Bertz CT molecular complexity index is 985. The molecule has 0 spiro atoms. The zero-order chi connectivity index (χ0) is 17.3. The fourth-order valence-electron chi connectivity index (χ4n) is 2.69. The zero-order valence-corrected chi connectivity index (χ0v) is 16.4. The first-order chi connectivity index (χ1) is 11.5. The standard InChI is InChI=1S/C19H19BrN2OS/c1-4-9-22-16-8-7-14(20)11-17(16)24-19(22)21-18(23)15-10-12(2)5-6-13(15)3/h5-8,10-11H,4,9H2,1-3H3. The van der Waals surface area contributed by atoms with Crippen LogP contribution in [0.2, 0.25) is 0 Å². The van der Waals surface area contributed by atoms with E-state index in [2.05, 4.69) is 44.5 Å². The van der Waals surface area contributed by atoms with Gasteiger partial charge in [0.05, 0.1) is 10.2 Å². The summed E-state index contributed by atoms with van der Waals surface area (Å²) in [5.41, 5.74) is 3.83. The topological polar surface area (TPSA) is 34.4 Å². The summed E-state index contributed by atoms with van der Waals surface area (Å²) in [6.45, 7) is 6.92. The summed E-state index contributed by atoms with van der Waals surface area (Å²) in [6, 6.07) is 12.1. The Morgan fingerprint density at radius 3 is 2.75 bits per heavy atom. The van der Waals surface area contributed by atoms with E-state index >= 15 is 0 Å². The van der Waals surface area contributed by atoms with Crippen molar-refractivity contribution >= 4 is 43.4 Å². The molecule has 124 valence electrons. The highest BCUT2D eigenvalue weighted by atomic mass is 79.9. The summed E-state index contributed by atoms with van der Waals surface area (Å²) in [4.78, 5) is 17.9. The molecule has 0 aliphatic heterocycles. The van der Waals surface area contributed by atoms with E-state index in [1.54, 1.807) is 11.3 Å². The molecule has 0 fully saturated rings. The molecule has 3 aromatic rings. The largest absolute Gasteiger partial charge is 0.316 e. The summed E-state index contributed by atoms with van der Waals surface area (Å²) >= 11 is 5.07. The summed E-state index contributed by atoms with van der Waals surface area (Å²) < 4.78 is 4.30. The highest BCUT2D eigenvalue weighted by Gasteiger charge is 2.11. The molecule has 0 aliphatic rings. The van der Waals surface area contributed by atoms with Crippen LogP contribution in [0, 0.1) is 13.8 Å². The summed E-state index contributed by atoms with van der Waals surface area (Å²) in [7, 11) is 0. The number of amides is 1. The summed E-state index contributed by atoms with van der Waals surface area (Å²) in [5, 5.41) is 0. The number of hydrogen-bond acceptors (Lipinski definition) is 2. The third-order valence-corrected chi connectivity index (χ3v) is 5.45. The van der Waals surface area contributed by atoms with Crippen LogP contribution in [0.4, 0.5) is 0 Å². The maximum atomic E-state index is 12.7. The molecule has 3 rings (SSSR count). The molecule has 0 aliphatic carbocycles. The lowest BCUT2D eigenvalue weighted by atomic mass is 10.1. The van der Waals surface area contributed by atoms with Crippen molar-refractivity contribution in [2.75, 3.05) is 0 Å². The molecule has 24 heavy (non-hydrogen) atoms. The third-order valence-electron chi connectivity index (χ3n) is 3.91. The van der Waals surface area contributed by atoms with Crippen LogP contribution < -0.4 is 4.80 Å². The van der Waals surface area contributed by atoms with Gasteiger partial charge in [-0.1, -0.05) is 51.9 Å². The van der Waals surface area contributed by atoms with Gasteiger partial charge in [0, 0.05) is 16.6 Å². The Morgan fingerprint density at radius 1 is 1.21 bits per heavy atom. The van der Waals surface area contributed by atoms with Crippen molar-refractivity contribution in [2.45, 2.75) is 33.7 Å². The number of halogens is 1. The van der Waals surface area contributed by atoms with Gasteiger partial charge in [0.2, 0.25) is 0 Å². The van der Waals surface area contributed by atoms with E-state index in [-0.39, 0.29) is 5.91 Å². The fraction of sp³-hybridized carbons (Fsp3) is 0.263. The van der Waals surface area contributed by atoms with Crippen LogP contribution in [-0.2, 0) is 6.54 Å². The number of rotatable bonds is 3. The van der Waals surface area contributed by atoms with Gasteiger partial charge in [-0.15, -0.1) is 0 Å². The monoisotopic (exact) mass is 402 g/mol. The molecule has 1 heterocycles. The van der Waals surface area contributed by atoms with Crippen molar-refractivity contribution in [3.05, 3.63) is 62.4 Å². The van der Waals surface area contributed by atoms with Crippen molar-refractivity contribution in [1.82, 2.24) is 4.57 Å². The molecular formula is C19H19BrN2OS. The van der Waals surface area contributed by atoms with E-state index < -0.39 is 0 Å². The maximum absolute atomic E-state index is 12.7. The SMILES string of the molecule is CCCn1c(=NC(=O)c2cc(C)ccc2C)sc2cc(Br)ccc21. The number of fused-ring (bicyclic) bond motifs is 1. The minimum absolute atomic E-state index is 0.174. The number of benzene rings is 2. The van der Waals surface area contributed by atoms with Gasteiger partial charge >= 0.3 is 0 Å². The van der Waals surface area contributed by atoms with Gasteiger partial charge < -0.3 is 4.57 Å². The average molecular weight is 403 g/mol. The first-order valence-electron chi connectivity index (χ1n) is 7.95. The van der Waals surface area contributed by atoms with Crippen molar-refractivity contribution in [2.24, 2.45) is 4.99 Å². The first-order valence-corrected chi connectivity index (χ1v) is 9.55. The number of aromatic nitrogens is 1. The molecule has 2 aromatic carbocycles. The molecule has 3 nitrogen and oxygen atoms in total. The van der Waals surface area contributed by atoms with Crippen LogP contribution in [0.3, 0.4) is 0 Å². The van der Waals surface area contributed by atoms with Crippen LogP contribution in [0.5, 0.6) is 0 Å². The van der Waals surface area contributed by atoms with Crippen molar-refractivity contribution < 1.29 is 4.79 Å². The minimum atomic E-state index is -0.174. The Labute approximate surface area is 153 Å². The maximum Gasteiger partial charge on any atom is 0.279 e. The summed E-state index contributed by atoms with van der Waals surface area (Å²) in [5.74, 6) is -0.174. The van der Waals surface area contributed by atoms with Crippen molar-refractivity contribution in [1.29, 1.82) is 0 Å². The quantitative estimate of drug-likeness (QED) is 0.590. The van der Waals surface area contributed by atoms with Gasteiger partial charge in [-0.3, -0.25) is 4.79 Å². The van der Waals surface area contributed by atoms with E-state index in [0.29, 0.717) is 5.56 Å². The van der Waals surface area contributed by atoms with E-state index in [1.807, 2.05) is 38.1 Å². The number of aryl methyl sites for hydroxylation is 3. The van der Waals surface area contributed by atoms with Gasteiger partial charge in [0.1, 0.15) is 0 Å². The highest BCUT2D eigenvalue weighted by molar-refractivity contribution is 9.10. The fourth-order valence-corrected chi connectivity index (χ4v) is 4.29. The van der Waals surface area contributed by atoms with E-state index in [4.69, 9.17) is 0 Å². The average Bonchev–Trinajstić information content (AvgIpc) is 2.86. The molecule has 0 saturated carbocycles. The molecule has 1 amide bonds. The molecular weight excluding hydrogens is 384 g/mol. The molecule has 0 unspecified atom stereocenters. The van der Waals surface area contributed by atoms with Crippen molar-refractivity contribution in [3.63, 3.8) is 0 Å². The molecule has 0 N–H and O–H groups in total. The number of carbonyl (C=O) groups is 1. The van der Waals surface area contributed by atoms with Crippen LogP contribution in [0.1, 0.15) is 34.8 Å². The smallest absolute Gasteiger partial charge is 0.279 e. The molecule has 5 heteroatoms. The van der Waals surface area contributed by atoms with Gasteiger partial charge in [-0.2, -0.15) is 4.99 Å². The summed E-state index contributed by atoms with van der Waals surface area (Å²) in [6.07, 6.45) is 0.993. The molecule has 1 aromatic heterocycles. The lowest BCUT2D eigenvalue weighted by molar-refractivity contribution is 0.0997. The normalized spacial score (nSPS) is 12.1. The van der Waals surface area contributed by atoms with Crippen LogP contribution in [-0.4, -0.2) is 10.5 Å². The van der Waals surface area contributed by atoms with Crippen LogP contribution >= 0.6 is 27.3 Å². The number of nitrogens with zero attached hydrogens (tertiary/aromatic N) is 2. The van der Waals surface area contributed by atoms with Crippen LogP contribution in [0.15, 0.2) is 45.9 Å². The lowest BCUT2D eigenvalue weighted by Crippen LogP contribution is -2.17. The second-order valence-corrected chi connectivity index (χ2v) is 7.81. The van der Waals surface area contributed by atoms with Gasteiger partial charge in [0.15, 0.2) is 4.80 Å². The highest BCUT2D eigenvalue weighted by Crippen LogP contribution is 2.22. The Morgan fingerprint density at radius 2 is 2.00 bits per heavy atom. The zero-order valence-electron chi connectivity index (χ0n) is 14.0. The number of thiazole rings is 1. The lowest BCUT2D eigenvalue weighted by Gasteiger charge is -2.04. The Balaban J connectivity index is 2.16. The molecule has 0 radical (unpaired) electrons. The van der Waals surface area contributed by atoms with E-state index in [0.717, 1.165) is 43.6 Å². The predicted octanol–water partition coefficient (Wildman–Crippen LogP) is 5.23. The number of carbonyl (C=O) groups excluding carboxylic acids is 1. The van der Waals surface area contributed by atoms with E-state index in [1.165, 1.54) is 0 Å². The van der Waals surface area contributed by atoms with E-state index in [9.17, 15) is 4.79 Å². The van der Waals surface area contributed by atoms with Crippen LogP contribution in [0.25, 0.3) is 10.2 Å². The van der Waals surface area contributed by atoms with Gasteiger partial charge in [0.25, 0.3) is 5.91 Å². The Kier molecular flexibility index (Phi) is 5.01. The van der Waals surface area contributed by atoms with Gasteiger partial charge in [-0.25, -0.2) is 0 Å².